The smallest absolute Gasteiger partial charge is 0.362 e. The Balaban J connectivity index is 2.90. The van der Waals surface area contributed by atoms with E-state index in [0.717, 1.165) is 5.56 Å². The van der Waals surface area contributed by atoms with Crippen molar-refractivity contribution in [3.05, 3.63) is 40.9 Å². The van der Waals surface area contributed by atoms with Gasteiger partial charge in [-0.05, 0) is 37.6 Å². The van der Waals surface area contributed by atoms with Crippen molar-refractivity contribution in [1.82, 2.24) is 0 Å². The first kappa shape index (κ1) is 17.7. The number of hydrogen-bond acceptors (Lipinski definition) is 4. The number of ketones is 1. The van der Waals surface area contributed by atoms with Crippen molar-refractivity contribution in [3.63, 3.8) is 0 Å². The van der Waals surface area contributed by atoms with Gasteiger partial charge in [-0.15, -0.1) is 0 Å². The molecule has 114 valence electrons. The zero-order chi connectivity index (χ0) is 15.9. The van der Waals surface area contributed by atoms with E-state index in [1.54, 1.807) is 38.1 Å². The Kier molecular flexibility index (Phi) is 6.89. The fraction of sp³-hybridized carbons (Fsp3) is 0.333. The summed E-state index contributed by atoms with van der Waals surface area (Å²) in [5.74, 6) is -1.61. The van der Waals surface area contributed by atoms with Gasteiger partial charge in [-0.25, -0.2) is 4.79 Å². The maximum absolute atomic E-state index is 12.1. The number of carbonyl (C=O) groups excluding carboxylic acids is 2. The lowest BCUT2D eigenvalue weighted by molar-refractivity contribution is -0.164. The van der Waals surface area contributed by atoms with Gasteiger partial charge >= 0.3 is 11.0 Å². The molecule has 0 aliphatic carbocycles. The molecule has 0 spiro atoms. The Hall–Kier alpha value is -1.36. The summed E-state index contributed by atoms with van der Waals surface area (Å²) in [6.07, 6.45) is 2.71. The molecule has 0 bridgehead atoms. The van der Waals surface area contributed by atoms with Crippen LogP contribution in [0.4, 0.5) is 0 Å². The van der Waals surface area contributed by atoms with E-state index < -0.39 is 16.8 Å². The minimum Gasteiger partial charge on any atom is -0.463 e. The average Bonchev–Trinajstić information content (AvgIpc) is 2.46. The summed E-state index contributed by atoms with van der Waals surface area (Å²) in [5.41, 5.74) is 0.743. The summed E-state index contributed by atoms with van der Waals surface area (Å²) in [6.45, 7) is 3.46. The fourth-order valence-electron chi connectivity index (χ4n) is 1.51. The Morgan fingerprint density at radius 1 is 1.19 bits per heavy atom. The van der Waals surface area contributed by atoms with Gasteiger partial charge in [0.25, 0.3) is 0 Å². The molecule has 1 unspecified atom stereocenters. The Labute approximate surface area is 133 Å². The number of esters is 1. The third-order valence-corrected chi connectivity index (χ3v) is 3.20. The van der Waals surface area contributed by atoms with Gasteiger partial charge in [0.1, 0.15) is 0 Å². The van der Waals surface area contributed by atoms with Crippen molar-refractivity contribution < 1.29 is 19.1 Å². The second-order valence-electron chi connectivity index (χ2n) is 4.00. The van der Waals surface area contributed by atoms with Crippen molar-refractivity contribution >= 4 is 41.0 Å². The van der Waals surface area contributed by atoms with Gasteiger partial charge in [0.2, 0.25) is 5.78 Å². The number of benzene rings is 1. The third kappa shape index (κ3) is 4.84. The first-order valence-corrected chi connectivity index (χ1v) is 7.17. The van der Waals surface area contributed by atoms with Gasteiger partial charge < -0.3 is 9.47 Å². The quantitative estimate of drug-likeness (QED) is 0.332. The van der Waals surface area contributed by atoms with Crippen LogP contribution in [0.3, 0.4) is 0 Å². The van der Waals surface area contributed by atoms with Crippen LogP contribution in [0.2, 0.25) is 5.02 Å². The van der Waals surface area contributed by atoms with Crippen LogP contribution >= 0.6 is 23.2 Å². The molecule has 0 aliphatic heterocycles. The molecule has 1 aromatic rings. The number of halogens is 2. The van der Waals surface area contributed by atoms with Crippen molar-refractivity contribution in [3.8, 4) is 0 Å². The predicted octanol–water partition coefficient (Wildman–Crippen LogP) is 3.46. The van der Waals surface area contributed by atoms with E-state index in [9.17, 15) is 9.59 Å². The van der Waals surface area contributed by atoms with E-state index in [1.165, 1.54) is 12.2 Å². The number of rotatable bonds is 7. The molecule has 0 aromatic heterocycles. The summed E-state index contributed by atoms with van der Waals surface area (Å²) in [7, 11) is 0. The van der Waals surface area contributed by atoms with Crippen LogP contribution in [-0.4, -0.2) is 30.0 Å². The van der Waals surface area contributed by atoms with Gasteiger partial charge in [0.15, 0.2) is 0 Å². The lowest BCUT2D eigenvalue weighted by Gasteiger charge is -2.21. The summed E-state index contributed by atoms with van der Waals surface area (Å²) < 4.78 is 9.86. The van der Waals surface area contributed by atoms with E-state index in [4.69, 9.17) is 32.7 Å². The van der Waals surface area contributed by atoms with Gasteiger partial charge in [0, 0.05) is 11.6 Å². The van der Waals surface area contributed by atoms with Crippen molar-refractivity contribution in [2.24, 2.45) is 0 Å². The molecule has 0 heterocycles. The molecular formula is C15H16Cl2O4. The van der Waals surface area contributed by atoms with Crippen molar-refractivity contribution in [1.29, 1.82) is 0 Å². The molecular weight excluding hydrogens is 315 g/mol. The van der Waals surface area contributed by atoms with E-state index in [0.29, 0.717) is 5.02 Å². The minimum absolute atomic E-state index is 0.100. The topological polar surface area (TPSA) is 52.6 Å². The first-order valence-electron chi connectivity index (χ1n) is 6.42. The maximum atomic E-state index is 12.1. The largest absolute Gasteiger partial charge is 0.463 e. The highest BCUT2D eigenvalue weighted by atomic mass is 35.5. The second kappa shape index (κ2) is 8.17. The van der Waals surface area contributed by atoms with Crippen molar-refractivity contribution in [2.45, 2.75) is 18.9 Å². The molecule has 4 nitrogen and oxygen atoms in total. The van der Waals surface area contributed by atoms with Gasteiger partial charge in [-0.2, -0.15) is 0 Å². The molecule has 0 saturated carbocycles. The highest BCUT2D eigenvalue weighted by Crippen LogP contribution is 2.22. The lowest BCUT2D eigenvalue weighted by atomic mass is 10.1. The van der Waals surface area contributed by atoms with E-state index in [2.05, 4.69) is 0 Å². The third-order valence-electron chi connectivity index (χ3n) is 2.50. The molecule has 0 amide bonds. The van der Waals surface area contributed by atoms with E-state index in [1.807, 2.05) is 0 Å². The average molecular weight is 331 g/mol. The van der Waals surface area contributed by atoms with Crippen LogP contribution in [0.5, 0.6) is 0 Å². The maximum Gasteiger partial charge on any atom is 0.362 e. The number of alkyl halides is 1. The monoisotopic (exact) mass is 330 g/mol. The van der Waals surface area contributed by atoms with Gasteiger partial charge in [0.05, 0.1) is 6.61 Å². The molecule has 0 aliphatic rings. The molecule has 21 heavy (non-hydrogen) atoms. The van der Waals surface area contributed by atoms with E-state index in [-0.39, 0.29) is 13.2 Å². The van der Waals surface area contributed by atoms with E-state index >= 15 is 0 Å². The van der Waals surface area contributed by atoms with Crippen LogP contribution in [0, 0.1) is 0 Å². The SMILES string of the molecule is CCOC(=O)C(Cl)(OCC)C(=O)C=Cc1ccc(Cl)cc1. The predicted molar refractivity (Wildman–Crippen MR) is 82.3 cm³/mol. The summed E-state index contributed by atoms with van der Waals surface area (Å²) >= 11 is 11.8. The fourth-order valence-corrected chi connectivity index (χ4v) is 1.86. The molecule has 1 aromatic carbocycles. The second-order valence-corrected chi connectivity index (χ2v) is 4.97. The molecule has 0 saturated heterocycles. The standard InChI is InChI=1S/C15H16Cl2O4/c1-3-20-14(19)15(17,21-4-2)13(18)10-7-11-5-8-12(16)9-6-11/h5-10H,3-4H2,1-2H3. The zero-order valence-electron chi connectivity index (χ0n) is 11.8. The van der Waals surface area contributed by atoms with Crippen LogP contribution < -0.4 is 0 Å². The van der Waals surface area contributed by atoms with Crippen LogP contribution in [0.1, 0.15) is 19.4 Å². The Morgan fingerprint density at radius 2 is 1.81 bits per heavy atom. The number of carbonyl (C=O) groups is 2. The summed E-state index contributed by atoms with van der Waals surface area (Å²) in [4.78, 5) is 23.9. The van der Waals surface area contributed by atoms with Gasteiger partial charge in [-0.1, -0.05) is 41.4 Å². The lowest BCUT2D eigenvalue weighted by Crippen LogP contribution is -2.44. The number of ether oxygens (including phenoxy) is 2. The summed E-state index contributed by atoms with van der Waals surface area (Å²) in [5, 5.41) is -1.56. The first-order chi connectivity index (χ1) is 9.93. The Morgan fingerprint density at radius 3 is 2.33 bits per heavy atom. The van der Waals surface area contributed by atoms with Crippen LogP contribution in [-0.2, 0) is 19.1 Å². The zero-order valence-corrected chi connectivity index (χ0v) is 13.3. The van der Waals surface area contributed by atoms with Gasteiger partial charge in [-0.3, -0.25) is 4.79 Å². The number of hydrogen-bond donors (Lipinski definition) is 0. The highest BCUT2D eigenvalue weighted by molar-refractivity contribution is 6.46. The molecule has 0 radical (unpaired) electrons. The summed E-state index contributed by atoms with van der Waals surface area (Å²) in [6, 6.07) is 6.83. The minimum atomic E-state index is -2.15. The molecule has 1 atom stereocenters. The molecule has 0 fully saturated rings. The highest BCUT2D eigenvalue weighted by Gasteiger charge is 2.45. The normalized spacial score (nSPS) is 13.9. The molecule has 0 N–H and O–H groups in total. The Bertz CT molecular complexity index is 525. The van der Waals surface area contributed by atoms with Crippen LogP contribution in [0.25, 0.3) is 6.08 Å². The molecule has 6 heteroatoms. The van der Waals surface area contributed by atoms with Crippen LogP contribution in [0.15, 0.2) is 30.3 Å². The molecule has 1 rings (SSSR count). The van der Waals surface area contributed by atoms with Crippen molar-refractivity contribution in [2.75, 3.05) is 13.2 Å².